The molecule has 0 aromatic heterocycles. The maximum atomic E-state index is 13.1. The van der Waals surface area contributed by atoms with Crippen LogP contribution in [0.25, 0.3) is 0 Å². The zero-order chi connectivity index (χ0) is 15.6. The van der Waals surface area contributed by atoms with Gasteiger partial charge < -0.3 is 15.3 Å². The molecule has 1 aromatic carbocycles. The largest absolute Gasteiger partial charge is 0.393 e. The third kappa shape index (κ3) is 3.66. The van der Waals surface area contributed by atoms with Crippen molar-refractivity contribution in [3.05, 3.63) is 29.6 Å². The average Bonchev–Trinajstić information content (AvgIpc) is 2.81. The molecule has 0 spiro atoms. The van der Waals surface area contributed by atoms with Gasteiger partial charge >= 0.3 is 6.03 Å². The van der Waals surface area contributed by atoms with Crippen LogP contribution in [0, 0.1) is 23.4 Å². The number of carbonyl (C=O) groups is 1. The van der Waals surface area contributed by atoms with E-state index in [2.05, 4.69) is 5.32 Å². The Balaban J connectivity index is 1.97. The van der Waals surface area contributed by atoms with Gasteiger partial charge in [0.15, 0.2) is 17.5 Å². The summed E-state index contributed by atoms with van der Waals surface area (Å²) < 4.78 is 38.9. The quantitative estimate of drug-likeness (QED) is 0.844. The fraction of sp³-hybridized carbons (Fsp3) is 0.500. The first kappa shape index (κ1) is 15.6. The number of aliphatic hydroxyl groups is 1. The van der Waals surface area contributed by atoms with Crippen molar-refractivity contribution in [2.24, 2.45) is 5.92 Å². The number of rotatable bonds is 3. The Bertz CT molecular complexity index is 516. The molecule has 0 radical (unpaired) electrons. The summed E-state index contributed by atoms with van der Waals surface area (Å²) in [6.45, 7) is 0.346. The molecule has 7 heteroatoms. The third-order valence-electron chi connectivity index (χ3n) is 3.71. The van der Waals surface area contributed by atoms with Gasteiger partial charge in [-0.15, -0.1) is 0 Å². The molecule has 0 heterocycles. The smallest absolute Gasteiger partial charge is 0.321 e. The minimum Gasteiger partial charge on any atom is -0.393 e. The monoisotopic (exact) mass is 302 g/mol. The number of carbonyl (C=O) groups excluding carboxylic acids is 1. The van der Waals surface area contributed by atoms with E-state index in [4.69, 9.17) is 0 Å². The lowest BCUT2D eigenvalue weighted by atomic mass is 10.1. The molecule has 2 rings (SSSR count). The van der Waals surface area contributed by atoms with E-state index in [1.54, 1.807) is 0 Å². The van der Waals surface area contributed by atoms with Crippen LogP contribution in [0.5, 0.6) is 0 Å². The normalized spacial score (nSPS) is 21.4. The van der Waals surface area contributed by atoms with Gasteiger partial charge in [0.1, 0.15) is 0 Å². The molecule has 0 bridgehead atoms. The number of amides is 2. The lowest BCUT2D eigenvalue weighted by Gasteiger charge is -2.23. The van der Waals surface area contributed by atoms with Crippen molar-refractivity contribution in [3.63, 3.8) is 0 Å². The Morgan fingerprint density at radius 3 is 2.48 bits per heavy atom. The summed E-state index contributed by atoms with van der Waals surface area (Å²) in [4.78, 5) is 13.2. The predicted octanol–water partition coefficient (Wildman–Crippen LogP) is 2.73. The van der Waals surface area contributed by atoms with Gasteiger partial charge in [0.05, 0.1) is 6.10 Å². The number of benzene rings is 1. The number of hydrogen-bond donors (Lipinski definition) is 2. The summed E-state index contributed by atoms with van der Waals surface area (Å²) in [5, 5.41) is 12.0. The van der Waals surface area contributed by atoms with E-state index in [-0.39, 0.29) is 11.6 Å². The second-order valence-corrected chi connectivity index (χ2v) is 5.32. The summed E-state index contributed by atoms with van der Waals surface area (Å²) in [6, 6.07) is 0.864. The Morgan fingerprint density at radius 2 is 1.95 bits per heavy atom. The highest BCUT2D eigenvalue weighted by molar-refractivity contribution is 5.89. The first-order valence-electron chi connectivity index (χ1n) is 6.73. The molecule has 21 heavy (non-hydrogen) atoms. The minimum atomic E-state index is -1.57. The molecule has 1 aromatic rings. The zero-order valence-corrected chi connectivity index (χ0v) is 11.6. The lowest BCUT2D eigenvalue weighted by Crippen LogP contribution is -2.37. The average molecular weight is 302 g/mol. The van der Waals surface area contributed by atoms with Gasteiger partial charge in [-0.25, -0.2) is 18.0 Å². The molecule has 1 aliphatic carbocycles. The number of halogens is 3. The maximum absolute atomic E-state index is 13.1. The number of aliphatic hydroxyl groups excluding tert-OH is 1. The standard InChI is InChI=1S/C14H17F3N2O2/c1-19(7-8-3-2-4-12(8)20)14(21)18-9-5-10(15)13(17)11(16)6-9/h5-6,8,12,20H,2-4,7H2,1H3,(H,18,21). The maximum Gasteiger partial charge on any atom is 0.321 e. The van der Waals surface area contributed by atoms with Gasteiger partial charge in [0.2, 0.25) is 0 Å². The zero-order valence-electron chi connectivity index (χ0n) is 11.6. The van der Waals surface area contributed by atoms with Gasteiger partial charge in [0, 0.05) is 37.3 Å². The van der Waals surface area contributed by atoms with Crippen LogP contribution < -0.4 is 5.32 Å². The van der Waals surface area contributed by atoms with Crippen molar-refractivity contribution in [3.8, 4) is 0 Å². The molecule has 2 N–H and O–H groups in total. The summed E-state index contributed by atoms with van der Waals surface area (Å²) in [5.74, 6) is -4.30. The second kappa shape index (κ2) is 6.34. The second-order valence-electron chi connectivity index (χ2n) is 5.32. The van der Waals surface area contributed by atoms with Crippen LogP contribution in [-0.2, 0) is 0 Å². The van der Waals surface area contributed by atoms with Crippen molar-refractivity contribution in [1.82, 2.24) is 4.90 Å². The first-order valence-corrected chi connectivity index (χ1v) is 6.73. The molecule has 4 nitrogen and oxygen atoms in total. The molecule has 2 unspecified atom stereocenters. The van der Waals surface area contributed by atoms with Crippen molar-refractivity contribution in [2.45, 2.75) is 25.4 Å². The minimum absolute atomic E-state index is 0.00226. The molecular formula is C14H17F3N2O2. The molecule has 2 atom stereocenters. The molecule has 1 aliphatic rings. The highest BCUT2D eigenvalue weighted by Crippen LogP contribution is 2.26. The van der Waals surface area contributed by atoms with E-state index in [0.717, 1.165) is 12.8 Å². The van der Waals surface area contributed by atoms with Gasteiger partial charge in [0.25, 0.3) is 0 Å². The molecule has 0 saturated heterocycles. The van der Waals surface area contributed by atoms with E-state index < -0.39 is 29.6 Å². The summed E-state index contributed by atoms with van der Waals surface area (Å²) in [5.41, 5.74) is -0.157. The van der Waals surface area contributed by atoms with Crippen LogP contribution in [0.4, 0.5) is 23.7 Å². The van der Waals surface area contributed by atoms with Crippen LogP contribution in [-0.4, -0.2) is 35.7 Å². The van der Waals surface area contributed by atoms with Crippen molar-refractivity contribution in [2.75, 3.05) is 18.9 Å². The predicted molar refractivity (Wildman–Crippen MR) is 71.3 cm³/mol. The lowest BCUT2D eigenvalue weighted by molar-refractivity contribution is 0.116. The number of anilines is 1. The number of hydrogen-bond acceptors (Lipinski definition) is 2. The summed E-state index contributed by atoms with van der Waals surface area (Å²) >= 11 is 0. The molecular weight excluding hydrogens is 285 g/mol. The van der Waals surface area contributed by atoms with Gasteiger partial charge in [-0.3, -0.25) is 0 Å². The Hall–Kier alpha value is -1.76. The van der Waals surface area contributed by atoms with E-state index >= 15 is 0 Å². The molecule has 116 valence electrons. The molecule has 2 amide bonds. The van der Waals surface area contributed by atoms with Gasteiger partial charge in [-0.05, 0) is 12.8 Å². The topological polar surface area (TPSA) is 52.6 Å². The Kier molecular flexibility index (Phi) is 4.72. The fourth-order valence-corrected chi connectivity index (χ4v) is 2.51. The molecule has 1 fully saturated rings. The van der Waals surface area contributed by atoms with Crippen molar-refractivity contribution in [1.29, 1.82) is 0 Å². The highest BCUT2D eigenvalue weighted by Gasteiger charge is 2.27. The van der Waals surface area contributed by atoms with Gasteiger partial charge in [-0.1, -0.05) is 6.42 Å². The third-order valence-corrected chi connectivity index (χ3v) is 3.71. The van der Waals surface area contributed by atoms with Crippen LogP contribution >= 0.6 is 0 Å². The summed E-state index contributed by atoms with van der Waals surface area (Å²) in [7, 11) is 1.52. The molecule has 0 aliphatic heterocycles. The highest BCUT2D eigenvalue weighted by atomic mass is 19.2. The fourth-order valence-electron chi connectivity index (χ4n) is 2.51. The van der Waals surface area contributed by atoms with E-state index in [9.17, 15) is 23.1 Å². The van der Waals surface area contributed by atoms with Crippen molar-refractivity contribution < 1.29 is 23.1 Å². The van der Waals surface area contributed by atoms with E-state index in [0.29, 0.717) is 25.1 Å². The van der Waals surface area contributed by atoms with E-state index in [1.165, 1.54) is 11.9 Å². The van der Waals surface area contributed by atoms with E-state index in [1.807, 2.05) is 0 Å². The SMILES string of the molecule is CN(CC1CCCC1O)C(=O)Nc1cc(F)c(F)c(F)c1. The Labute approximate surface area is 120 Å². The van der Waals surface area contributed by atoms with Crippen LogP contribution in [0.2, 0.25) is 0 Å². The van der Waals surface area contributed by atoms with Crippen LogP contribution in [0.3, 0.4) is 0 Å². The van der Waals surface area contributed by atoms with Gasteiger partial charge in [-0.2, -0.15) is 0 Å². The molecule has 1 saturated carbocycles. The Morgan fingerprint density at radius 1 is 1.33 bits per heavy atom. The number of urea groups is 1. The van der Waals surface area contributed by atoms with Crippen LogP contribution in [0.15, 0.2) is 12.1 Å². The van der Waals surface area contributed by atoms with Crippen molar-refractivity contribution >= 4 is 11.7 Å². The number of nitrogens with zero attached hydrogens (tertiary/aromatic N) is 1. The number of nitrogens with one attached hydrogen (secondary N) is 1. The first-order chi connectivity index (χ1) is 9.88. The summed E-state index contributed by atoms with van der Waals surface area (Å²) in [6.07, 6.45) is 2.03. The van der Waals surface area contributed by atoms with Crippen LogP contribution in [0.1, 0.15) is 19.3 Å².